The van der Waals surface area contributed by atoms with Crippen LogP contribution in [0, 0.1) is 0 Å². The summed E-state index contributed by atoms with van der Waals surface area (Å²) < 4.78 is 90.1. The minimum Gasteiger partial charge on any atom is -0.423 e. The van der Waals surface area contributed by atoms with Crippen molar-refractivity contribution in [1.82, 2.24) is 0 Å². The summed E-state index contributed by atoms with van der Waals surface area (Å²) >= 11 is 0. The Morgan fingerprint density at radius 3 is 2.38 bits per heavy atom. The molecule has 0 atom stereocenters. The highest BCUT2D eigenvalue weighted by Gasteiger charge is 2.32. The summed E-state index contributed by atoms with van der Waals surface area (Å²) in [6, 6.07) is 1.12. The number of halogens is 3. The van der Waals surface area contributed by atoms with E-state index in [-0.39, 0.29) is 6.07 Å². The molecule has 6 heteroatoms. The van der Waals surface area contributed by atoms with Gasteiger partial charge in [0.25, 0.3) is 0 Å². The van der Waals surface area contributed by atoms with Gasteiger partial charge in [-0.3, -0.25) is 0 Å². The molecule has 0 unspecified atom stereocenters. The Labute approximate surface area is 102 Å². The van der Waals surface area contributed by atoms with Crippen LogP contribution in [0.15, 0.2) is 18.2 Å². The van der Waals surface area contributed by atoms with E-state index in [1.807, 2.05) is 0 Å². The van der Waals surface area contributed by atoms with Gasteiger partial charge >= 0.3 is 13.3 Å². The highest BCUT2D eigenvalue weighted by atomic mass is 19.4. The second kappa shape index (κ2) is 4.47. The average Bonchev–Trinajstić information content (AvgIpc) is 2.33. The minimum absolute atomic E-state index is 0.220. The SMILES string of the molecule is [2H]C([2H])([2H])C([2H])(c1cc(B(O)O)cc(C(F)(F)F)c1)C([2H])([2H])[2H]. The van der Waals surface area contributed by atoms with E-state index in [1.54, 1.807) is 0 Å². The molecule has 1 rings (SSSR count). The summed E-state index contributed by atoms with van der Waals surface area (Å²) in [6.45, 7) is -6.97. The molecule has 0 saturated heterocycles. The zero-order valence-electron chi connectivity index (χ0n) is 14.8. The van der Waals surface area contributed by atoms with Crippen molar-refractivity contribution >= 4 is 12.6 Å². The van der Waals surface area contributed by atoms with E-state index in [9.17, 15) is 13.2 Å². The van der Waals surface area contributed by atoms with Gasteiger partial charge in [0.05, 0.1) is 5.56 Å². The average molecular weight is 239 g/mol. The lowest BCUT2D eigenvalue weighted by Gasteiger charge is -2.13. The molecule has 0 aliphatic carbocycles. The fourth-order valence-corrected chi connectivity index (χ4v) is 1.11. The van der Waals surface area contributed by atoms with E-state index in [2.05, 4.69) is 0 Å². The van der Waals surface area contributed by atoms with Crippen molar-refractivity contribution in [3.8, 4) is 0 Å². The van der Waals surface area contributed by atoms with Crippen LogP contribution < -0.4 is 5.46 Å². The lowest BCUT2D eigenvalue weighted by atomic mass is 9.77. The van der Waals surface area contributed by atoms with Crippen molar-refractivity contribution < 1.29 is 32.8 Å². The first-order valence-corrected chi connectivity index (χ1v) is 4.10. The Morgan fingerprint density at radius 1 is 1.31 bits per heavy atom. The van der Waals surface area contributed by atoms with Crippen LogP contribution in [0.5, 0.6) is 0 Å². The van der Waals surface area contributed by atoms with Crippen molar-refractivity contribution in [2.75, 3.05) is 0 Å². The van der Waals surface area contributed by atoms with Gasteiger partial charge < -0.3 is 10.0 Å². The first-order valence-electron chi connectivity index (χ1n) is 7.60. The van der Waals surface area contributed by atoms with Gasteiger partial charge in [0.15, 0.2) is 0 Å². The van der Waals surface area contributed by atoms with Crippen LogP contribution in [0.4, 0.5) is 13.2 Å². The van der Waals surface area contributed by atoms with Gasteiger partial charge in [0.1, 0.15) is 0 Å². The third-order valence-electron chi connectivity index (χ3n) is 1.87. The topological polar surface area (TPSA) is 40.5 Å². The minimum atomic E-state index is -5.00. The van der Waals surface area contributed by atoms with E-state index in [1.165, 1.54) is 0 Å². The van der Waals surface area contributed by atoms with Crippen LogP contribution in [-0.4, -0.2) is 17.2 Å². The smallest absolute Gasteiger partial charge is 0.423 e. The summed E-state index contributed by atoms with van der Waals surface area (Å²) in [5.41, 5.74) is -3.25. The predicted molar refractivity (Wildman–Crippen MR) is 55.4 cm³/mol. The fraction of sp³-hybridized carbons (Fsp3) is 0.400. The van der Waals surface area contributed by atoms with Crippen LogP contribution in [0.25, 0.3) is 0 Å². The molecule has 0 spiro atoms. The molecule has 0 heterocycles. The van der Waals surface area contributed by atoms with Crippen LogP contribution in [0.3, 0.4) is 0 Å². The van der Waals surface area contributed by atoms with Gasteiger partial charge in [0, 0.05) is 9.60 Å². The molecule has 2 nitrogen and oxygen atoms in total. The van der Waals surface area contributed by atoms with Gasteiger partial charge in [-0.25, -0.2) is 0 Å². The molecular weight excluding hydrogens is 220 g/mol. The van der Waals surface area contributed by atoms with Crippen LogP contribution in [0.2, 0.25) is 0 Å². The zero-order chi connectivity index (χ0) is 18.4. The lowest BCUT2D eigenvalue weighted by Crippen LogP contribution is -2.31. The van der Waals surface area contributed by atoms with Gasteiger partial charge in [-0.1, -0.05) is 25.8 Å². The van der Waals surface area contributed by atoms with Gasteiger partial charge in [-0.05, 0) is 23.0 Å². The van der Waals surface area contributed by atoms with E-state index in [0.717, 1.165) is 0 Å². The molecule has 16 heavy (non-hydrogen) atoms. The van der Waals surface area contributed by atoms with Crippen molar-refractivity contribution in [3.05, 3.63) is 29.3 Å². The Balaban J connectivity index is 3.78. The maximum atomic E-state index is 12.9. The largest absolute Gasteiger partial charge is 0.488 e. The monoisotopic (exact) mass is 239 g/mol. The third kappa shape index (κ3) is 2.99. The summed E-state index contributed by atoms with van der Waals surface area (Å²) in [6.07, 6.45) is -5.00. The van der Waals surface area contributed by atoms with Gasteiger partial charge in [-0.2, -0.15) is 13.2 Å². The van der Waals surface area contributed by atoms with Crippen LogP contribution in [-0.2, 0) is 6.18 Å². The molecule has 0 aromatic heterocycles. The number of alkyl halides is 3. The quantitative estimate of drug-likeness (QED) is 0.768. The predicted octanol–water partition coefficient (Wildman–Crippen LogP) is 1.51. The van der Waals surface area contributed by atoms with Crippen molar-refractivity contribution in [3.63, 3.8) is 0 Å². The normalized spacial score (nSPS) is 20.7. The lowest BCUT2D eigenvalue weighted by molar-refractivity contribution is -0.137. The molecule has 0 aliphatic heterocycles. The molecule has 1 aromatic carbocycles. The Morgan fingerprint density at radius 2 is 1.94 bits per heavy atom. The molecule has 0 aliphatic rings. The molecule has 0 fully saturated rings. The second-order valence-corrected chi connectivity index (χ2v) is 3.09. The molecule has 1 aromatic rings. The third-order valence-corrected chi connectivity index (χ3v) is 1.87. The van der Waals surface area contributed by atoms with Gasteiger partial charge in [0.2, 0.25) is 0 Å². The Kier molecular flexibility index (Phi) is 1.70. The molecule has 88 valence electrons. The maximum absolute atomic E-state index is 12.9. The van der Waals surface area contributed by atoms with Gasteiger partial charge in [-0.15, -0.1) is 0 Å². The Bertz CT molecular complexity index is 569. The summed E-state index contributed by atoms with van der Waals surface area (Å²) in [5.74, 6) is -3.37. The van der Waals surface area contributed by atoms with Crippen molar-refractivity contribution in [1.29, 1.82) is 0 Å². The van der Waals surface area contributed by atoms with Crippen molar-refractivity contribution in [2.45, 2.75) is 25.8 Å². The van der Waals surface area contributed by atoms with E-state index in [4.69, 9.17) is 19.6 Å². The molecule has 0 radical (unpaired) electrons. The first-order chi connectivity index (χ1) is 10.0. The summed E-state index contributed by atoms with van der Waals surface area (Å²) in [5, 5.41) is 18.1. The number of benzene rings is 1. The highest BCUT2D eigenvalue weighted by Crippen LogP contribution is 2.30. The Hall–Kier alpha value is -1.01. The second-order valence-electron chi connectivity index (χ2n) is 3.09. The van der Waals surface area contributed by atoms with E-state index >= 15 is 0 Å². The molecular formula is C10H12BF3O2. The summed E-state index contributed by atoms with van der Waals surface area (Å²) in [7, 11) is -2.39. The highest BCUT2D eigenvalue weighted by molar-refractivity contribution is 6.58. The maximum Gasteiger partial charge on any atom is 0.488 e. The molecule has 0 bridgehead atoms. The molecule has 2 N–H and O–H groups in total. The summed E-state index contributed by atoms with van der Waals surface area (Å²) in [4.78, 5) is 0. The fourth-order valence-electron chi connectivity index (χ4n) is 1.11. The van der Waals surface area contributed by atoms with Crippen molar-refractivity contribution in [2.24, 2.45) is 0 Å². The van der Waals surface area contributed by atoms with Crippen LogP contribution in [0.1, 0.15) is 40.3 Å². The van der Waals surface area contributed by atoms with Crippen LogP contribution >= 0.6 is 0 Å². The first kappa shape index (κ1) is 6.07. The zero-order valence-corrected chi connectivity index (χ0v) is 7.84. The number of rotatable bonds is 2. The number of hydrogen-bond acceptors (Lipinski definition) is 2. The van der Waals surface area contributed by atoms with E-state index in [0.29, 0.717) is 12.1 Å². The number of hydrogen-bond donors (Lipinski definition) is 2. The molecule has 0 saturated carbocycles. The molecule has 0 amide bonds. The van der Waals surface area contributed by atoms with E-state index < -0.39 is 49.5 Å². The standard InChI is InChI=1S/C10H12BF3O2/c1-6(2)7-3-8(10(12,13)14)5-9(4-7)11(15)16/h3-6,15-16H,1-2H3/i1D3,2D3,6D.